The first kappa shape index (κ1) is 9.68. The number of Topliss-reactive ketones (excluding diaryl/α,β-unsaturated/α-hetero) is 1. The van der Waals surface area contributed by atoms with Gasteiger partial charge >= 0.3 is 0 Å². The van der Waals surface area contributed by atoms with Crippen LogP contribution >= 0.6 is 0 Å². The minimum atomic E-state index is 0.107. The number of carbonyl (C=O) groups excluding carboxylic acids is 1. The highest BCUT2D eigenvalue weighted by Crippen LogP contribution is 2.14. The van der Waals surface area contributed by atoms with Crippen LogP contribution < -0.4 is 0 Å². The molecule has 1 saturated heterocycles. The molecule has 0 N–H and O–H groups in total. The molecule has 0 radical (unpaired) electrons. The lowest BCUT2D eigenvalue weighted by Crippen LogP contribution is -2.30. The molecule has 0 amide bonds. The third kappa shape index (κ3) is 2.91. The predicted octanol–water partition coefficient (Wildman–Crippen LogP) is 0.686. The third-order valence-corrected chi connectivity index (χ3v) is 2.29. The van der Waals surface area contributed by atoms with E-state index in [2.05, 4.69) is 11.9 Å². The van der Waals surface area contributed by atoms with Crippen LogP contribution in [-0.2, 0) is 9.53 Å². The maximum absolute atomic E-state index is 10.6. The summed E-state index contributed by atoms with van der Waals surface area (Å²) >= 11 is 0. The summed E-state index contributed by atoms with van der Waals surface area (Å²) in [6.07, 6.45) is 2.46. The van der Waals surface area contributed by atoms with Gasteiger partial charge in [0.25, 0.3) is 0 Å². The number of ether oxygens (including phenoxy) is 1. The Bertz CT molecular complexity index is 159. The monoisotopic (exact) mass is 171 g/mol. The van der Waals surface area contributed by atoms with Crippen molar-refractivity contribution >= 4 is 5.78 Å². The van der Waals surface area contributed by atoms with Gasteiger partial charge in [-0.25, -0.2) is 0 Å². The van der Waals surface area contributed by atoms with Gasteiger partial charge in [0.05, 0.1) is 6.61 Å². The Balaban J connectivity index is 2.10. The fraction of sp³-hybridized carbons (Fsp3) is 0.889. The summed E-state index contributed by atoms with van der Waals surface area (Å²) in [6, 6.07) is 0.532. The molecule has 0 spiro atoms. The first-order valence-corrected chi connectivity index (χ1v) is 4.47. The molecule has 0 aliphatic carbocycles. The van der Waals surface area contributed by atoms with E-state index in [1.54, 1.807) is 6.92 Å². The van der Waals surface area contributed by atoms with Crippen LogP contribution in [-0.4, -0.2) is 43.5 Å². The summed E-state index contributed by atoms with van der Waals surface area (Å²) in [5.41, 5.74) is 0. The normalized spacial score (nSPS) is 24.7. The SMILES string of the molecule is CC(=O)COCC1CCCN1C. The van der Waals surface area contributed by atoms with Crippen molar-refractivity contribution in [2.75, 3.05) is 26.8 Å². The molecule has 1 aliphatic heterocycles. The van der Waals surface area contributed by atoms with Gasteiger partial charge in [-0.3, -0.25) is 4.79 Å². The van der Waals surface area contributed by atoms with Gasteiger partial charge in [-0.15, -0.1) is 0 Å². The van der Waals surface area contributed by atoms with E-state index in [0.717, 1.165) is 6.54 Å². The Morgan fingerprint density at radius 3 is 2.92 bits per heavy atom. The fourth-order valence-corrected chi connectivity index (χ4v) is 1.53. The Kier molecular flexibility index (Phi) is 3.69. The summed E-state index contributed by atoms with van der Waals surface area (Å²) in [5, 5.41) is 0. The van der Waals surface area contributed by atoms with E-state index < -0.39 is 0 Å². The molecule has 0 aromatic rings. The Morgan fingerprint density at radius 2 is 2.42 bits per heavy atom. The summed E-state index contributed by atoms with van der Waals surface area (Å²) < 4.78 is 5.26. The number of carbonyl (C=O) groups is 1. The molecule has 1 aliphatic rings. The average Bonchev–Trinajstić information content (AvgIpc) is 2.36. The van der Waals surface area contributed by atoms with Crippen LogP contribution in [0.4, 0.5) is 0 Å². The van der Waals surface area contributed by atoms with Crippen molar-refractivity contribution in [2.45, 2.75) is 25.8 Å². The van der Waals surface area contributed by atoms with Gasteiger partial charge in [-0.1, -0.05) is 0 Å². The quantitative estimate of drug-likeness (QED) is 0.623. The number of likely N-dealkylation sites (tertiary alicyclic amines) is 1. The van der Waals surface area contributed by atoms with Crippen molar-refractivity contribution in [1.82, 2.24) is 4.90 Å². The number of ketones is 1. The topological polar surface area (TPSA) is 29.5 Å². The maximum Gasteiger partial charge on any atom is 0.155 e. The highest BCUT2D eigenvalue weighted by atomic mass is 16.5. The largest absolute Gasteiger partial charge is 0.372 e. The van der Waals surface area contributed by atoms with Crippen molar-refractivity contribution in [2.24, 2.45) is 0 Å². The van der Waals surface area contributed by atoms with Gasteiger partial charge < -0.3 is 9.64 Å². The van der Waals surface area contributed by atoms with Crippen molar-refractivity contribution < 1.29 is 9.53 Å². The van der Waals surface area contributed by atoms with E-state index in [4.69, 9.17) is 4.74 Å². The first-order valence-electron chi connectivity index (χ1n) is 4.47. The average molecular weight is 171 g/mol. The lowest BCUT2D eigenvalue weighted by atomic mass is 10.2. The molecule has 3 heteroatoms. The van der Waals surface area contributed by atoms with E-state index in [-0.39, 0.29) is 12.4 Å². The number of likely N-dealkylation sites (N-methyl/N-ethyl adjacent to an activating group) is 1. The zero-order valence-electron chi connectivity index (χ0n) is 7.88. The molecule has 0 aromatic carbocycles. The number of hydrogen-bond donors (Lipinski definition) is 0. The maximum atomic E-state index is 10.6. The van der Waals surface area contributed by atoms with Crippen molar-refractivity contribution in [3.05, 3.63) is 0 Å². The summed E-state index contributed by atoms with van der Waals surface area (Å²) in [4.78, 5) is 12.9. The smallest absolute Gasteiger partial charge is 0.155 e. The van der Waals surface area contributed by atoms with E-state index >= 15 is 0 Å². The van der Waals surface area contributed by atoms with Crippen LogP contribution in [0.5, 0.6) is 0 Å². The van der Waals surface area contributed by atoms with Gasteiger partial charge in [0.2, 0.25) is 0 Å². The molecule has 1 fully saturated rings. The molecule has 1 atom stereocenters. The summed E-state index contributed by atoms with van der Waals surface area (Å²) in [6.45, 7) is 3.69. The van der Waals surface area contributed by atoms with Crippen molar-refractivity contribution in [1.29, 1.82) is 0 Å². The molecule has 0 aromatic heterocycles. The molecular weight excluding hydrogens is 154 g/mol. The number of hydrogen-bond acceptors (Lipinski definition) is 3. The zero-order valence-corrected chi connectivity index (χ0v) is 7.88. The predicted molar refractivity (Wildman–Crippen MR) is 47.2 cm³/mol. The Morgan fingerprint density at radius 1 is 1.67 bits per heavy atom. The first-order chi connectivity index (χ1) is 5.70. The van der Waals surface area contributed by atoms with E-state index in [1.165, 1.54) is 12.8 Å². The molecule has 3 nitrogen and oxygen atoms in total. The minimum absolute atomic E-state index is 0.107. The van der Waals surface area contributed by atoms with Gasteiger partial charge in [0.15, 0.2) is 5.78 Å². The summed E-state index contributed by atoms with van der Waals surface area (Å²) in [5.74, 6) is 0.107. The van der Waals surface area contributed by atoms with E-state index in [0.29, 0.717) is 12.6 Å². The highest BCUT2D eigenvalue weighted by molar-refractivity contribution is 5.76. The molecule has 12 heavy (non-hydrogen) atoms. The molecule has 1 rings (SSSR count). The lowest BCUT2D eigenvalue weighted by molar-refractivity contribution is -0.121. The zero-order chi connectivity index (χ0) is 8.97. The molecule has 0 saturated carbocycles. The molecule has 0 bridgehead atoms. The third-order valence-electron chi connectivity index (χ3n) is 2.29. The Labute approximate surface area is 73.7 Å². The molecule has 1 unspecified atom stereocenters. The fourth-order valence-electron chi connectivity index (χ4n) is 1.53. The second-order valence-corrected chi connectivity index (χ2v) is 3.49. The van der Waals surface area contributed by atoms with Crippen LogP contribution in [0.1, 0.15) is 19.8 Å². The van der Waals surface area contributed by atoms with Crippen molar-refractivity contribution in [3.8, 4) is 0 Å². The molecule has 70 valence electrons. The van der Waals surface area contributed by atoms with Gasteiger partial charge in [0, 0.05) is 6.04 Å². The molecular formula is C9H17NO2. The van der Waals surface area contributed by atoms with Gasteiger partial charge in [-0.2, -0.15) is 0 Å². The van der Waals surface area contributed by atoms with Crippen LogP contribution in [0.3, 0.4) is 0 Å². The van der Waals surface area contributed by atoms with E-state index in [1.807, 2.05) is 0 Å². The van der Waals surface area contributed by atoms with Gasteiger partial charge in [-0.05, 0) is 33.4 Å². The number of nitrogens with zero attached hydrogens (tertiary/aromatic N) is 1. The van der Waals surface area contributed by atoms with Crippen LogP contribution in [0.15, 0.2) is 0 Å². The van der Waals surface area contributed by atoms with E-state index in [9.17, 15) is 4.79 Å². The van der Waals surface area contributed by atoms with Gasteiger partial charge in [0.1, 0.15) is 6.61 Å². The Hall–Kier alpha value is -0.410. The van der Waals surface area contributed by atoms with Crippen LogP contribution in [0.2, 0.25) is 0 Å². The summed E-state index contributed by atoms with van der Waals surface area (Å²) in [7, 11) is 2.11. The standard InChI is InChI=1S/C9H17NO2/c1-8(11)6-12-7-9-4-3-5-10(9)2/h9H,3-7H2,1-2H3. The second kappa shape index (κ2) is 4.58. The van der Waals surface area contributed by atoms with Crippen LogP contribution in [0, 0.1) is 0 Å². The highest BCUT2D eigenvalue weighted by Gasteiger charge is 2.20. The van der Waals surface area contributed by atoms with Crippen LogP contribution in [0.25, 0.3) is 0 Å². The number of rotatable bonds is 4. The lowest BCUT2D eigenvalue weighted by Gasteiger charge is -2.18. The minimum Gasteiger partial charge on any atom is -0.372 e. The molecule has 1 heterocycles. The van der Waals surface area contributed by atoms with Crippen molar-refractivity contribution in [3.63, 3.8) is 0 Å². The second-order valence-electron chi connectivity index (χ2n) is 3.49.